The topological polar surface area (TPSA) is 56.6 Å². The van der Waals surface area contributed by atoms with Crippen LogP contribution in [0.3, 0.4) is 0 Å². The van der Waals surface area contributed by atoms with Crippen molar-refractivity contribution in [2.24, 2.45) is 7.05 Å². The molecule has 1 aliphatic rings. The molecule has 25 heavy (non-hydrogen) atoms. The van der Waals surface area contributed by atoms with Crippen LogP contribution in [-0.4, -0.2) is 46.9 Å². The van der Waals surface area contributed by atoms with Crippen molar-refractivity contribution in [3.05, 3.63) is 36.2 Å². The Hall–Kier alpha value is -2.15. The maximum absolute atomic E-state index is 12.8. The summed E-state index contributed by atoms with van der Waals surface area (Å²) in [5.74, 6) is 2.08. The zero-order valence-corrected chi connectivity index (χ0v) is 15.6. The molecular weight excluding hydrogens is 338 g/mol. The van der Waals surface area contributed by atoms with E-state index >= 15 is 0 Å². The number of aryl methyl sites for hydroxylation is 1. The molecule has 2 aromatic rings. The maximum Gasteiger partial charge on any atom is 0.233 e. The number of ether oxygens (including phenoxy) is 2. The number of aromatic nitrogens is 2. The molecule has 0 radical (unpaired) electrons. The summed E-state index contributed by atoms with van der Waals surface area (Å²) in [6.07, 6.45) is 5.55. The summed E-state index contributed by atoms with van der Waals surface area (Å²) >= 11 is 1.47. The van der Waals surface area contributed by atoms with Gasteiger partial charge in [0.05, 0.1) is 26.0 Å². The van der Waals surface area contributed by atoms with Crippen molar-refractivity contribution in [1.29, 1.82) is 0 Å². The van der Waals surface area contributed by atoms with Crippen LogP contribution in [-0.2, 0) is 11.8 Å². The van der Waals surface area contributed by atoms with Crippen molar-refractivity contribution in [2.75, 3.05) is 26.5 Å². The molecule has 1 fully saturated rings. The van der Waals surface area contributed by atoms with Gasteiger partial charge >= 0.3 is 0 Å². The summed E-state index contributed by atoms with van der Waals surface area (Å²) in [6, 6.07) is 5.78. The Balaban J connectivity index is 1.76. The maximum atomic E-state index is 12.8. The van der Waals surface area contributed by atoms with E-state index in [1.807, 2.05) is 40.9 Å². The van der Waals surface area contributed by atoms with E-state index in [4.69, 9.17) is 9.47 Å². The Labute approximate surface area is 152 Å². The first kappa shape index (κ1) is 17.7. The predicted molar refractivity (Wildman–Crippen MR) is 97.2 cm³/mol. The minimum atomic E-state index is 0.0273. The van der Waals surface area contributed by atoms with Gasteiger partial charge in [-0.25, -0.2) is 4.98 Å². The van der Waals surface area contributed by atoms with E-state index in [-0.39, 0.29) is 11.9 Å². The summed E-state index contributed by atoms with van der Waals surface area (Å²) in [7, 11) is 5.23. The van der Waals surface area contributed by atoms with Gasteiger partial charge in [-0.2, -0.15) is 0 Å². The van der Waals surface area contributed by atoms with Crippen LogP contribution >= 0.6 is 11.8 Å². The largest absolute Gasteiger partial charge is 0.497 e. The number of hydrogen-bond donors (Lipinski definition) is 0. The highest BCUT2D eigenvalue weighted by molar-refractivity contribution is 7.99. The molecule has 0 unspecified atom stereocenters. The summed E-state index contributed by atoms with van der Waals surface area (Å²) in [5, 5.41) is 0.850. The molecule has 0 N–H and O–H groups in total. The fraction of sp³-hybridized carbons (Fsp3) is 0.444. The van der Waals surface area contributed by atoms with E-state index in [1.54, 1.807) is 20.4 Å². The lowest BCUT2D eigenvalue weighted by molar-refractivity contribution is -0.129. The molecule has 0 spiro atoms. The van der Waals surface area contributed by atoms with Gasteiger partial charge in [0.1, 0.15) is 11.5 Å². The lowest BCUT2D eigenvalue weighted by atomic mass is 10.0. The standard InChI is InChI=1S/C18H23N3O3S/c1-20-10-8-19-18(20)25-12-17(22)21-9-4-5-15(21)14-11-13(23-2)6-7-16(14)24-3/h6-8,10-11,15H,4-5,9,12H2,1-3H3/t15-/m1/s1. The van der Waals surface area contributed by atoms with Crippen LogP contribution in [0.25, 0.3) is 0 Å². The van der Waals surface area contributed by atoms with Gasteiger partial charge in [-0.3, -0.25) is 4.79 Å². The van der Waals surface area contributed by atoms with Crippen molar-refractivity contribution in [3.8, 4) is 11.5 Å². The van der Waals surface area contributed by atoms with Crippen molar-refractivity contribution in [2.45, 2.75) is 24.0 Å². The third-order valence-corrected chi connectivity index (χ3v) is 5.51. The first-order chi connectivity index (χ1) is 12.1. The van der Waals surface area contributed by atoms with Crippen LogP contribution in [0.4, 0.5) is 0 Å². The molecule has 3 rings (SSSR count). The van der Waals surface area contributed by atoms with Crippen LogP contribution < -0.4 is 9.47 Å². The summed E-state index contributed by atoms with van der Waals surface area (Å²) < 4.78 is 12.8. The van der Waals surface area contributed by atoms with Crippen LogP contribution in [0.15, 0.2) is 35.7 Å². The minimum Gasteiger partial charge on any atom is -0.497 e. The Morgan fingerprint density at radius 3 is 2.88 bits per heavy atom. The number of amides is 1. The van der Waals surface area contributed by atoms with Gasteiger partial charge in [0.15, 0.2) is 5.16 Å². The fourth-order valence-corrected chi connectivity index (χ4v) is 4.01. The lowest BCUT2D eigenvalue weighted by Gasteiger charge is -2.26. The zero-order chi connectivity index (χ0) is 17.8. The smallest absolute Gasteiger partial charge is 0.233 e. The number of hydrogen-bond acceptors (Lipinski definition) is 5. The van der Waals surface area contributed by atoms with E-state index in [0.29, 0.717) is 5.75 Å². The van der Waals surface area contributed by atoms with E-state index in [9.17, 15) is 4.79 Å². The number of carbonyl (C=O) groups excluding carboxylic acids is 1. The number of imidazole rings is 1. The second kappa shape index (κ2) is 7.82. The van der Waals surface area contributed by atoms with Gasteiger partial charge in [-0.1, -0.05) is 11.8 Å². The monoisotopic (exact) mass is 361 g/mol. The van der Waals surface area contributed by atoms with Crippen molar-refractivity contribution in [3.63, 3.8) is 0 Å². The van der Waals surface area contributed by atoms with E-state index in [2.05, 4.69) is 4.98 Å². The Kier molecular flexibility index (Phi) is 5.53. The molecule has 6 nitrogen and oxygen atoms in total. The molecule has 0 aliphatic carbocycles. The van der Waals surface area contributed by atoms with Gasteiger partial charge in [0.25, 0.3) is 0 Å². The minimum absolute atomic E-state index is 0.0273. The number of benzene rings is 1. The first-order valence-corrected chi connectivity index (χ1v) is 9.24. The summed E-state index contributed by atoms with van der Waals surface area (Å²) in [6.45, 7) is 0.769. The zero-order valence-electron chi connectivity index (χ0n) is 14.8. The quantitative estimate of drug-likeness (QED) is 0.741. The van der Waals surface area contributed by atoms with Crippen molar-refractivity contribution < 1.29 is 14.3 Å². The van der Waals surface area contributed by atoms with E-state index < -0.39 is 0 Å². The molecule has 2 heterocycles. The SMILES string of the molecule is COc1ccc(OC)c([C@H]2CCCN2C(=O)CSc2nccn2C)c1. The molecule has 1 aromatic carbocycles. The van der Waals surface area contributed by atoms with E-state index in [0.717, 1.165) is 41.6 Å². The van der Waals surface area contributed by atoms with Crippen LogP contribution in [0, 0.1) is 0 Å². The number of carbonyl (C=O) groups is 1. The highest BCUT2D eigenvalue weighted by Gasteiger charge is 2.32. The van der Waals surface area contributed by atoms with Crippen molar-refractivity contribution in [1.82, 2.24) is 14.5 Å². The van der Waals surface area contributed by atoms with Gasteiger partial charge < -0.3 is 18.9 Å². The molecule has 7 heteroatoms. The highest BCUT2D eigenvalue weighted by Crippen LogP contribution is 2.39. The summed E-state index contributed by atoms with van der Waals surface area (Å²) in [5.41, 5.74) is 1.01. The third-order valence-electron chi connectivity index (χ3n) is 4.47. The number of methoxy groups -OCH3 is 2. The average Bonchev–Trinajstić information content (AvgIpc) is 3.28. The van der Waals surface area contributed by atoms with Gasteiger partial charge in [0.2, 0.25) is 5.91 Å². The molecule has 1 aromatic heterocycles. The number of nitrogens with zero attached hydrogens (tertiary/aromatic N) is 3. The number of thioether (sulfide) groups is 1. The third kappa shape index (κ3) is 3.76. The van der Waals surface area contributed by atoms with Crippen LogP contribution in [0.2, 0.25) is 0 Å². The summed E-state index contributed by atoms with van der Waals surface area (Å²) in [4.78, 5) is 19.0. The Morgan fingerprint density at radius 2 is 2.20 bits per heavy atom. The van der Waals surface area contributed by atoms with Crippen molar-refractivity contribution >= 4 is 17.7 Å². The number of rotatable bonds is 6. The van der Waals surface area contributed by atoms with E-state index in [1.165, 1.54) is 11.8 Å². The fourth-order valence-electron chi connectivity index (χ4n) is 3.19. The highest BCUT2D eigenvalue weighted by atomic mass is 32.2. The van der Waals surface area contributed by atoms with Gasteiger partial charge in [-0.05, 0) is 31.0 Å². The molecule has 1 amide bonds. The molecule has 134 valence electrons. The predicted octanol–water partition coefficient (Wildman–Crippen LogP) is 2.89. The molecule has 1 saturated heterocycles. The lowest BCUT2D eigenvalue weighted by Crippen LogP contribution is -2.32. The van der Waals surface area contributed by atoms with Gasteiger partial charge in [-0.15, -0.1) is 0 Å². The number of likely N-dealkylation sites (tertiary alicyclic amines) is 1. The Bertz CT molecular complexity index is 747. The second-order valence-electron chi connectivity index (χ2n) is 5.96. The molecule has 1 atom stereocenters. The molecule has 0 bridgehead atoms. The normalized spacial score (nSPS) is 16.9. The first-order valence-electron chi connectivity index (χ1n) is 8.25. The molecule has 0 saturated carbocycles. The average molecular weight is 361 g/mol. The second-order valence-corrected chi connectivity index (χ2v) is 6.90. The molecular formula is C18H23N3O3S. The van der Waals surface area contributed by atoms with Gasteiger partial charge in [0, 0.05) is 31.5 Å². The van der Waals surface area contributed by atoms with Crippen LogP contribution in [0.1, 0.15) is 24.4 Å². The molecule has 1 aliphatic heterocycles. The Morgan fingerprint density at radius 1 is 1.36 bits per heavy atom. The van der Waals surface area contributed by atoms with Crippen LogP contribution in [0.5, 0.6) is 11.5 Å².